The number of thiazole rings is 1. The molecule has 1 aliphatic heterocycles. The molecule has 134 valence electrons. The quantitative estimate of drug-likeness (QED) is 0.591. The maximum absolute atomic E-state index is 6.18. The number of piperazine rings is 1. The predicted molar refractivity (Wildman–Crippen MR) is 107 cm³/mol. The highest BCUT2D eigenvalue weighted by atomic mass is 79.9. The summed E-state index contributed by atoms with van der Waals surface area (Å²) in [4.78, 5) is 13.4. The van der Waals surface area contributed by atoms with E-state index in [1.807, 2.05) is 23.7 Å². The second-order valence-corrected chi connectivity index (χ2v) is 7.44. The molecule has 1 saturated heterocycles. The van der Waals surface area contributed by atoms with Crippen molar-refractivity contribution in [2.24, 2.45) is 10.7 Å². The number of benzene rings is 1. The molecule has 3 rings (SSSR count). The van der Waals surface area contributed by atoms with Gasteiger partial charge in [0.15, 0.2) is 11.1 Å². The molecule has 0 bridgehead atoms. The van der Waals surface area contributed by atoms with Gasteiger partial charge in [0.25, 0.3) is 0 Å². The maximum atomic E-state index is 6.18. The molecule has 0 saturated carbocycles. The number of halogens is 1. The van der Waals surface area contributed by atoms with Crippen LogP contribution in [-0.4, -0.2) is 55.7 Å². The van der Waals surface area contributed by atoms with Crippen molar-refractivity contribution in [2.75, 3.05) is 44.7 Å². The van der Waals surface area contributed by atoms with Crippen LogP contribution in [0.25, 0.3) is 0 Å². The van der Waals surface area contributed by atoms with Crippen molar-refractivity contribution >= 4 is 38.4 Å². The van der Waals surface area contributed by atoms with Crippen molar-refractivity contribution in [1.82, 2.24) is 9.88 Å². The summed E-state index contributed by atoms with van der Waals surface area (Å²) >= 11 is 5.18. The molecule has 1 fully saturated rings. The molecule has 2 N–H and O–H groups in total. The molecular formula is C17H22BrN5OS. The number of rotatable bonds is 5. The Hall–Kier alpha value is -1.80. The van der Waals surface area contributed by atoms with Gasteiger partial charge in [-0.1, -0.05) is 12.1 Å². The Morgan fingerprint density at radius 1 is 1.36 bits per heavy atom. The van der Waals surface area contributed by atoms with E-state index in [9.17, 15) is 0 Å². The van der Waals surface area contributed by atoms with Crippen molar-refractivity contribution in [1.29, 1.82) is 0 Å². The average molecular weight is 424 g/mol. The van der Waals surface area contributed by atoms with Crippen molar-refractivity contribution in [2.45, 2.75) is 6.42 Å². The lowest BCUT2D eigenvalue weighted by Gasteiger charge is -2.35. The van der Waals surface area contributed by atoms with E-state index in [4.69, 9.17) is 10.5 Å². The highest BCUT2D eigenvalue weighted by molar-refractivity contribution is 9.10. The van der Waals surface area contributed by atoms with E-state index in [-0.39, 0.29) is 0 Å². The summed E-state index contributed by atoms with van der Waals surface area (Å²) in [6.07, 6.45) is 2.64. The van der Waals surface area contributed by atoms with Crippen molar-refractivity contribution < 1.29 is 4.74 Å². The smallest absolute Gasteiger partial charge is 0.191 e. The summed E-state index contributed by atoms with van der Waals surface area (Å²) in [6, 6.07) is 6.04. The first-order valence-electron chi connectivity index (χ1n) is 8.19. The van der Waals surface area contributed by atoms with Crippen LogP contribution in [0.3, 0.4) is 0 Å². The lowest BCUT2D eigenvalue weighted by molar-refractivity contribution is 0.380. The van der Waals surface area contributed by atoms with Gasteiger partial charge in [0.2, 0.25) is 0 Å². The summed E-state index contributed by atoms with van der Waals surface area (Å²) in [5.74, 6) is 1.49. The fraction of sp³-hybridized carbons (Fsp3) is 0.412. The zero-order valence-corrected chi connectivity index (χ0v) is 16.6. The first-order chi connectivity index (χ1) is 12.2. The van der Waals surface area contributed by atoms with Crippen LogP contribution in [0.15, 0.2) is 39.2 Å². The van der Waals surface area contributed by atoms with E-state index in [0.29, 0.717) is 12.5 Å². The molecule has 1 aromatic carbocycles. The molecule has 0 aliphatic carbocycles. The molecule has 0 atom stereocenters. The number of aliphatic imine (C=N–C) groups is 1. The third-order valence-corrected chi connectivity index (χ3v) is 5.66. The molecule has 0 spiro atoms. The normalized spacial score (nSPS) is 15.5. The molecule has 8 heteroatoms. The van der Waals surface area contributed by atoms with Gasteiger partial charge < -0.3 is 20.3 Å². The van der Waals surface area contributed by atoms with Crippen LogP contribution in [0.4, 0.5) is 5.13 Å². The third-order valence-electron chi connectivity index (χ3n) is 4.20. The summed E-state index contributed by atoms with van der Waals surface area (Å²) in [6.45, 7) is 4.22. The summed E-state index contributed by atoms with van der Waals surface area (Å²) in [5, 5.41) is 3.09. The second kappa shape index (κ2) is 8.53. The Morgan fingerprint density at radius 2 is 2.16 bits per heavy atom. The molecule has 1 aromatic heterocycles. The number of hydrogen-bond donors (Lipinski definition) is 1. The molecule has 0 unspecified atom stereocenters. The van der Waals surface area contributed by atoms with Gasteiger partial charge in [0, 0.05) is 44.3 Å². The van der Waals surface area contributed by atoms with Crippen molar-refractivity contribution in [3.8, 4) is 5.75 Å². The topological polar surface area (TPSA) is 67.0 Å². The SMILES string of the molecule is COc1c(Br)cccc1CCN=C(N)N1CCN(c2nccs2)CC1. The number of nitrogens with zero attached hydrogens (tertiary/aromatic N) is 4. The number of ether oxygens (including phenoxy) is 1. The Balaban J connectivity index is 1.52. The highest BCUT2D eigenvalue weighted by Crippen LogP contribution is 2.29. The van der Waals surface area contributed by atoms with Crippen LogP contribution >= 0.6 is 27.3 Å². The minimum Gasteiger partial charge on any atom is -0.495 e. The second-order valence-electron chi connectivity index (χ2n) is 5.71. The van der Waals surface area contributed by atoms with Gasteiger partial charge in [-0.3, -0.25) is 4.99 Å². The average Bonchev–Trinajstić information content (AvgIpc) is 3.16. The Labute approximate surface area is 160 Å². The van der Waals surface area contributed by atoms with E-state index in [0.717, 1.165) is 53.5 Å². The minimum atomic E-state index is 0.618. The van der Waals surface area contributed by atoms with Gasteiger partial charge in [-0.2, -0.15) is 0 Å². The van der Waals surface area contributed by atoms with Crippen LogP contribution in [0.2, 0.25) is 0 Å². The third kappa shape index (κ3) is 4.43. The zero-order valence-electron chi connectivity index (χ0n) is 14.2. The Kier molecular flexibility index (Phi) is 6.14. The Bertz CT molecular complexity index is 714. The lowest BCUT2D eigenvalue weighted by atomic mass is 10.1. The fourth-order valence-electron chi connectivity index (χ4n) is 2.87. The summed E-state index contributed by atoms with van der Waals surface area (Å²) < 4.78 is 6.41. The minimum absolute atomic E-state index is 0.618. The monoisotopic (exact) mass is 423 g/mol. The maximum Gasteiger partial charge on any atom is 0.191 e. The highest BCUT2D eigenvalue weighted by Gasteiger charge is 2.19. The number of aromatic nitrogens is 1. The summed E-state index contributed by atoms with van der Waals surface area (Å²) in [5.41, 5.74) is 7.31. The van der Waals surface area contributed by atoms with Crippen LogP contribution in [0, 0.1) is 0 Å². The number of guanidine groups is 1. The van der Waals surface area contributed by atoms with Crippen LogP contribution in [-0.2, 0) is 6.42 Å². The molecule has 25 heavy (non-hydrogen) atoms. The number of para-hydroxylation sites is 1. The first kappa shape index (κ1) is 18.0. The lowest BCUT2D eigenvalue weighted by Crippen LogP contribution is -2.51. The van der Waals surface area contributed by atoms with Crippen LogP contribution in [0.5, 0.6) is 5.75 Å². The summed E-state index contributed by atoms with van der Waals surface area (Å²) in [7, 11) is 1.68. The zero-order chi connectivity index (χ0) is 17.6. The van der Waals surface area contributed by atoms with E-state index in [2.05, 4.69) is 41.8 Å². The van der Waals surface area contributed by atoms with Gasteiger partial charge in [-0.25, -0.2) is 4.98 Å². The van der Waals surface area contributed by atoms with Crippen molar-refractivity contribution in [3.63, 3.8) is 0 Å². The first-order valence-corrected chi connectivity index (χ1v) is 9.87. The molecule has 6 nitrogen and oxygen atoms in total. The van der Waals surface area contributed by atoms with Crippen molar-refractivity contribution in [3.05, 3.63) is 39.8 Å². The fourth-order valence-corrected chi connectivity index (χ4v) is 4.13. The van der Waals surface area contributed by atoms with Gasteiger partial charge >= 0.3 is 0 Å². The van der Waals surface area contributed by atoms with E-state index >= 15 is 0 Å². The molecule has 2 aromatic rings. The molecular weight excluding hydrogens is 402 g/mol. The van der Waals surface area contributed by atoms with Gasteiger partial charge in [-0.05, 0) is 34.0 Å². The number of nitrogens with two attached hydrogens (primary N) is 1. The molecule has 1 aliphatic rings. The van der Waals surface area contributed by atoms with Gasteiger partial charge in [0.1, 0.15) is 5.75 Å². The van der Waals surface area contributed by atoms with E-state index in [1.54, 1.807) is 18.4 Å². The van der Waals surface area contributed by atoms with E-state index in [1.165, 1.54) is 0 Å². The number of hydrogen-bond acceptors (Lipinski definition) is 5. The molecule has 0 amide bonds. The number of anilines is 1. The standard InChI is InChI=1S/C17H22BrN5OS/c1-24-15-13(3-2-4-14(15)18)5-6-20-16(19)22-8-10-23(11-9-22)17-21-7-12-25-17/h2-4,7,12H,5-6,8-11H2,1H3,(H2,19,20). The number of methoxy groups -OCH3 is 1. The van der Waals surface area contributed by atoms with E-state index < -0.39 is 0 Å². The van der Waals surface area contributed by atoms with Gasteiger partial charge in [0.05, 0.1) is 11.6 Å². The van der Waals surface area contributed by atoms with Gasteiger partial charge in [-0.15, -0.1) is 11.3 Å². The molecule has 2 heterocycles. The predicted octanol–water partition coefficient (Wildman–Crippen LogP) is 2.59. The Morgan fingerprint density at radius 3 is 2.84 bits per heavy atom. The van der Waals surface area contributed by atoms with Crippen LogP contribution in [0.1, 0.15) is 5.56 Å². The van der Waals surface area contributed by atoms with Crippen LogP contribution < -0.4 is 15.4 Å². The largest absolute Gasteiger partial charge is 0.495 e. The molecule has 0 radical (unpaired) electrons.